The van der Waals surface area contributed by atoms with Crippen LogP contribution in [0.5, 0.6) is 0 Å². The maximum atomic E-state index is 13.2. The van der Waals surface area contributed by atoms with Gasteiger partial charge in [-0.1, -0.05) is 68.7 Å². The second-order valence-corrected chi connectivity index (χ2v) is 13.2. The van der Waals surface area contributed by atoms with E-state index in [4.69, 9.17) is 4.74 Å². The van der Waals surface area contributed by atoms with Gasteiger partial charge in [0.1, 0.15) is 18.5 Å². The third-order valence-corrected chi connectivity index (χ3v) is 10.2. The Labute approximate surface area is 262 Å². The summed E-state index contributed by atoms with van der Waals surface area (Å²) < 4.78 is 18.9. The van der Waals surface area contributed by atoms with E-state index in [1.54, 1.807) is 12.1 Å². The fourth-order valence-electron chi connectivity index (χ4n) is 7.92. The highest BCUT2D eigenvalue weighted by atomic mass is 19.1. The molecule has 1 amide bonds. The summed E-state index contributed by atoms with van der Waals surface area (Å²) in [4.78, 5) is 29.8. The summed E-state index contributed by atoms with van der Waals surface area (Å²) in [7, 11) is 0. The van der Waals surface area contributed by atoms with E-state index in [0.29, 0.717) is 18.4 Å². The van der Waals surface area contributed by atoms with E-state index in [1.807, 2.05) is 4.90 Å². The molecule has 2 aromatic rings. The number of ether oxygens (including phenoxy) is 1. The topological polar surface area (TPSA) is 82.1 Å². The zero-order valence-electron chi connectivity index (χ0n) is 26.2. The molecule has 4 unspecified atom stereocenters. The van der Waals surface area contributed by atoms with E-state index >= 15 is 0 Å². The van der Waals surface area contributed by atoms with Crippen LogP contribution in [-0.2, 0) is 16.1 Å². The number of likely N-dealkylation sites (tertiary alicyclic amines) is 1. The first-order valence-electron chi connectivity index (χ1n) is 16.8. The first-order valence-corrected chi connectivity index (χ1v) is 16.8. The minimum atomic E-state index is -0.702. The summed E-state index contributed by atoms with van der Waals surface area (Å²) in [5.74, 6) is 0.0576. The number of carboxylic acids is 1. The van der Waals surface area contributed by atoms with Crippen LogP contribution >= 0.6 is 0 Å². The highest BCUT2D eigenvalue weighted by molar-refractivity contribution is 5.74. The molecule has 5 rings (SSSR count). The quantitative estimate of drug-likeness (QED) is 0.276. The Bertz CT molecular complexity index is 1180. The highest BCUT2D eigenvalue weighted by Crippen LogP contribution is 2.41. The Balaban J connectivity index is 1.18. The maximum Gasteiger partial charge on any atom is 0.410 e. The van der Waals surface area contributed by atoms with Gasteiger partial charge in [-0.2, -0.15) is 0 Å². The number of hydrogen-bond donors (Lipinski definition) is 2. The molecule has 7 nitrogen and oxygen atoms in total. The number of piperidine rings is 1. The molecule has 3 aliphatic rings. The van der Waals surface area contributed by atoms with Gasteiger partial charge in [0.15, 0.2) is 0 Å². The van der Waals surface area contributed by atoms with E-state index in [-0.39, 0.29) is 36.5 Å². The van der Waals surface area contributed by atoms with Crippen LogP contribution in [0, 0.1) is 17.7 Å². The van der Waals surface area contributed by atoms with Crippen molar-refractivity contribution >= 4 is 12.1 Å². The Kier molecular flexibility index (Phi) is 11.7. The lowest BCUT2D eigenvalue weighted by molar-refractivity contribution is -0.141. The van der Waals surface area contributed by atoms with Crippen molar-refractivity contribution in [2.24, 2.45) is 11.8 Å². The average Bonchev–Trinajstić information content (AvgIpc) is 3.45. The van der Waals surface area contributed by atoms with E-state index < -0.39 is 12.0 Å². The molecule has 0 radical (unpaired) electrons. The zero-order valence-corrected chi connectivity index (χ0v) is 26.2. The molecule has 2 N–H and O–H groups in total. The molecule has 240 valence electrons. The number of hydrogen-bond acceptors (Lipinski definition) is 5. The number of rotatable bonds is 12. The standard InChI is InChI=1S/C36H50FN3O4/c1-2-19-40(36(43)44-25-26-13-15-30(37)16-14-26)32-17-20-39(21-18-32)24-29-22-31(23-33(29)27-9-5-3-6-10-27)38-34(35(41)42)28-11-7-4-8-12-28/h3,5-6,9-10,13-16,28-29,31-34,38H,2,4,7-8,11-12,17-25H2,1H3,(H,41,42). The van der Waals surface area contributed by atoms with Gasteiger partial charge in [0, 0.05) is 38.3 Å². The van der Waals surface area contributed by atoms with Crippen LogP contribution in [0.1, 0.15) is 88.2 Å². The molecule has 0 aromatic heterocycles. The van der Waals surface area contributed by atoms with Gasteiger partial charge in [-0.05, 0) is 86.0 Å². The molecule has 4 atom stereocenters. The van der Waals surface area contributed by atoms with Crippen LogP contribution in [-0.4, -0.2) is 71.3 Å². The van der Waals surface area contributed by atoms with Gasteiger partial charge in [0.05, 0.1) is 0 Å². The van der Waals surface area contributed by atoms with Gasteiger partial charge >= 0.3 is 12.1 Å². The van der Waals surface area contributed by atoms with Crippen LogP contribution in [0.25, 0.3) is 0 Å². The average molecular weight is 608 g/mol. The number of carbonyl (C=O) groups excluding carboxylic acids is 1. The first kappa shape index (κ1) is 32.4. The fourth-order valence-corrected chi connectivity index (χ4v) is 7.92. The lowest BCUT2D eigenvalue weighted by Crippen LogP contribution is -2.49. The molecule has 1 saturated heterocycles. The molecule has 1 aliphatic heterocycles. The molecular weight excluding hydrogens is 557 g/mol. The molecule has 3 fully saturated rings. The third-order valence-electron chi connectivity index (χ3n) is 10.2. The largest absolute Gasteiger partial charge is 0.480 e. The van der Waals surface area contributed by atoms with Gasteiger partial charge in [-0.15, -0.1) is 0 Å². The molecular formula is C36H50FN3O4. The van der Waals surface area contributed by atoms with Gasteiger partial charge in [-0.3, -0.25) is 4.79 Å². The molecule has 0 spiro atoms. The Morgan fingerprint density at radius 3 is 2.36 bits per heavy atom. The number of halogens is 1. The fraction of sp³-hybridized carbons (Fsp3) is 0.611. The second-order valence-electron chi connectivity index (χ2n) is 13.2. The maximum absolute atomic E-state index is 13.2. The minimum absolute atomic E-state index is 0.138. The number of benzene rings is 2. The molecule has 8 heteroatoms. The number of nitrogens with zero attached hydrogens (tertiary/aromatic N) is 2. The molecule has 44 heavy (non-hydrogen) atoms. The summed E-state index contributed by atoms with van der Waals surface area (Å²) in [5.41, 5.74) is 2.12. The van der Waals surface area contributed by atoms with Crippen molar-refractivity contribution < 1.29 is 23.8 Å². The van der Waals surface area contributed by atoms with Gasteiger partial charge in [0.25, 0.3) is 0 Å². The summed E-state index contributed by atoms with van der Waals surface area (Å²) >= 11 is 0. The van der Waals surface area contributed by atoms with Gasteiger partial charge in [-0.25, -0.2) is 9.18 Å². The van der Waals surface area contributed by atoms with E-state index in [0.717, 1.165) is 83.0 Å². The van der Waals surface area contributed by atoms with Gasteiger partial charge in [0.2, 0.25) is 0 Å². The predicted molar refractivity (Wildman–Crippen MR) is 170 cm³/mol. The van der Waals surface area contributed by atoms with Crippen LogP contribution < -0.4 is 5.32 Å². The van der Waals surface area contributed by atoms with Crippen molar-refractivity contribution in [2.45, 2.75) is 102 Å². The number of carbonyl (C=O) groups is 2. The Morgan fingerprint density at radius 2 is 1.70 bits per heavy atom. The van der Waals surface area contributed by atoms with Gasteiger partial charge < -0.3 is 25.0 Å². The molecule has 1 heterocycles. The molecule has 0 bridgehead atoms. The molecule has 2 saturated carbocycles. The Hall–Kier alpha value is -2.97. The monoisotopic (exact) mass is 607 g/mol. The van der Waals surface area contributed by atoms with E-state index in [1.165, 1.54) is 24.1 Å². The van der Waals surface area contributed by atoms with Crippen LogP contribution in [0.3, 0.4) is 0 Å². The summed E-state index contributed by atoms with van der Waals surface area (Å²) in [6.07, 6.45) is 9.80. The summed E-state index contributed by atoms with van der Waals surface area (Å²) in [6, 6.07) is 16.7. The normalized spacial score (nSPS) is 24.2. The SMILES string of the molecule is CCCN(C(=O)OCc1ccc(F)cc1)C1CCN(CC2CC(NC(C(=O)O)C3CCCCC3)CC2c2ccccc2)CC1. The number of aliphatic carboxylic acids is 1. The smallest absolute Gasteiger partial charge is 0.410 e. The highest BCUT2D eigenvalue weighted by Gasteiger charge is 2.40. The van der Waals surface area contributed by atoms with Crippen molar-refractivity contribution in [3.05, 3.63) is 71.5 Å². The number of nitrogens with one attached hydrogen (secondary N) is 1. The third kappa shape index (κ3) is 8.60. The minimum Gasteiger partial charge on any atom is -0.480 e. The lowest BCUT2D eigenvalue weighted by Gasteiger charge is -2.39. The lowest BCUT2D eigenvalue weighted by atomic mass is 9.83. The summed E-state index contributed by atoms with van der Waals surface area (Å²) in [5, 5.41) is 13.8. The number of carboxylic acid groups (broad SMARTS) is 1. The van der Waals surface area contributed by atoms with Crippen molar-refractivity contribution in [1.82, 2.24) is 15.1 Å². The second kappa shape index (κ2) is 15.8. The van der Waals surface area contributed by atoms with E-state index in [2.05, 4.69) is 47.5 Å². The predicted octanol–water partition coefficient (Wildman–Crippen LogP) is 6.82. The number of amides is 1. The van der Waals surface area contributed by atoms with Crippen molar-refractivity contribution in [2.75, 3.05) is 26.2 Å². The first-order chi connectivity index (χ1) is 21.4. The molecule has 2 aliphatic carbocycles. The zero-order chi connectivity index (χ0) is 30.9. The molecule has 2 aromatic carbocycles. The Morgan fingerprint density at radius 1 is 1.00 bits per heavy atom. The van der Waals surface area contributed by atoms with Crippen molar-refractivity contribution in [3.8, 4) is 0 Å². The van der Waals surface area contributed by atoms with Crippen LogP contribution in [0.2, 0.25) is 0 Å². The van der Waals surface area contributed by atoms with Crippen LogP contribution in [0.15, 0.2) is 54.6 Å². The summed E-state index contributed by atoms with van der Waals surface area (Å²) in [6.45, 7) is 5.70. The van der Waals surface area contributed by atoms with Crippen molar-refractivity contribution in [3.63, 3.8) is 0 Å². The van der Waals surface area contributed by atoms with E-state index in [9.17, 15) is 19.1 Å². The van der Waals surface area contributed by atoms with Crippen LogP contribution in [0.4, 0.5) is 9.18 Å². The van der Waals surface area contributed by atoms with Crippen molar-refractivity contribution in [1.29, 1.82) is 0 Å².